The van der Waals surface area contributed by atoms with Crippen molar-refractivity contribution in [2.24, 2.45) is 0 Å². The molecule has 0 aromatic rings. The summed E-state index contributed by atoms with van der Waals surface area (Å²) >= 11 is 0. The molecule has 1 rings (SSSR count). The van der Waals surface area contributed by atoms with Gasteiger partial charge in [0, 0.05) is 19.2 Å². The third-order valence-corrected chi connectivity index (χ3v) is 2.89. The summed E-state index contributed by atoms with van der Waals surface area (Å²) in [5.41, 5.74) is 0. The van der Waals surface area contributed by atoms with E-state index in [0.717, 1.165) is 13.2 Å². The van der Waals surface area contributed by atoms with Crippen molar-refractivity contribution in [2.45, 2.75) is 58.1 Å². The van der Waals surface area contributed by atoms with Crippen LogP contribution in [-0.2, 0) is 4.74 Å². The van der Waals surface area contributed by atoms with Crippen LogP contribution in [0.5, 0.6) is 0 Å². The average Bonchev–Trinajstić information content (AvgIpc) is 2.21. The summed E-state index contributed by atoms with van der Waals surface area (Å²) in [6.45, 7) is 6.49. The van der Waals surface area contributed by atoms with Gasteiger partial charge in [0.25, 0.3) is 0 Å². The summed E-state index contributed by atoms with van der Waals surface area (Å²) < 4.78 is 5.65. The Labute approximate surface area is 82.0 Å². The maximum atomic E-state index is 5.65. The Balaban J connectivity index is 2.09. The van der Waals surface area contributed by atoms with Crippen molar-refractivity contribution in [3.8, 4) is 0 Å². The molecule has 1 fully saturated rings. The van der Waals surface area contributed by atoms with Crippen LogP contribution in [0.4, 0.5) is 0 Å². The summed E-state index contributed by atoms with van der Waals surface area (Å²) in [6, 6.07) is 0.686. The van der Waals surface area contributed by atoms with E-state index in [0.29, 0.717) is 12.1 Å². The Morgan fingerprint density at radius 2 is 2.08 bits per heavy atom. The van der Waals surface area contributed by atoms with Crippen LogP contribution in [-0.4, -0.2) is 25.3 Å². The van der Waals surface area contributed by atoms with E-state index in [2.05, 4.69) is 19.2 Å². The minimum atomic E-state index is 0.481. The molecular weight excluding hydrogens is 162 g/mol. The average molecular weight is 185 g/mol. The van der Waals surface area contributed by atoms with E-state index in [-0.39, 0.29) is 0 Å². The Morgan fingerprint density at radius 1 is 1.31 bits per heavy atom. The molecule has 1 unspecified atom stereocenters. The molecule has 1 N–H and O–H groups in total. The molecule has 1 saturated heterocycles. The fourth-order valence-corrected chi connectivity index (χ4v) is 1.84. The fourth-order valence-electron chi connectivity index (χ4n) is 1.84. The van der Waals surface area contributed by atoms with Crippen LogP contribution in [0.15, 0.2) is 0 Å². The minimum Gasteiger partial charge on any atom is -0.377 e. The molecule has 0 aliphatic carbocycles. The Kier molecular flexibility index (Phi) is 5.40. The third kappa shape index (κ3) is 4.10. The summed E-state index contributed by atoms with van der Waals surface area (Å²) in [4.78, 5) is 0. The predicted octanol–water partition coefficient (Wildman–Crippen LogP) is 2.33. The molecule has 1 heterocycles. The molecule has 2 nitrogen and oxygen atoms in total. The van der Waals surface area contributed by atoms with Crippen molar-refractivity contribution in [3.63, 3.8) is 0 Å². The SMILES string of the molecule is CCC(CC)NCC1CCCCO1. The predicted molar refractivity (Wildman–Crippen MR) is 56.0 cm³/mol. The fraction of sp³-hybridized carbons (Fsp3) is 1.00. The number of hydrogen-bond acceptors (Lipinski definition) is 2. The molecule has 0 radical (unpaired) electrons. The first-order valence-corrected chi connectivity index (χ1v) is 5.71. The quantitative estimate of drug-likeness (QED) is 0.710. The summed E-state index contributed by atoms with van der Waals surface area (Å²) in [5, 5.41) is 3.56. The summed E-state index contributed by atoms with van der Waals surface area (Å²) in [6.07, 6.45) is 6.77. The third-order valence-electron chi connectivity index (χ3n) is 2.89. The molecule has 0 saturated carbocycles. The monoisotopic (exact) mass is 185 g/mol. The summed E-state index contributed by atoms with van der Waals surface area (Å²) in [5.74, 6) is 0. The maximum absolute atomic E-state index is 5.65. The molecule has 1 aliphatic heterocycles. The lowest BCUT2D eigenvalue weighted by molar-refractivity contribution is 0.0152. The zero-order chi connectivity index (χ0) is 9.52. The van der Waals surface area contributed by atoms with E-state index >= 15 is 0 Å². The molecule has 78 valence electrons. The van der Waals surface area contributed by atoms with Crippen LogP contribution in [0.2, 0.25) is 0 Å². The normalized spacial score (nSPS) is 23.8. The molecule has 0 spiro atoms. The molecule has 0 bridgehead atoms. The smallest absolute Gasteiger partial charge is 0.0699 e. The molecule has 1 aliphatic rings. The van der Waals surface area contributed by atoms with Gasteiger partial charge in [-0.15, -0.1) is 0 Å². The van der Waals surface area contributed by atoms with Crippen molar-refractivity contribution in [2.75, 3.05) is 13.2 Å². The van der Waals surface area contributed by atoms with Gasteiger partial charge >= 0.3 is 0 Å². The molecule has 0 amide bonds. The highest BCUT2D eigenvalue weighted by Gasteiger charge is 2.14. The van der Waals surface area contributed by atoms with Gasteiger partial charge in [-0.05, 0) is 32.1 Å². The van der Waals surface area contributed by atoms with Gasteiger partial charge < -0.3 is 10.1 Å². The van der Waals surface area contributed by atoms with E-state index in [4.69, 9.17) is 4.74 Å². The van der Waals surface area contributed by atoms with Crippen molar-refractivity contribution in [3.05, 3.63) is 0 Å². The van der Waals surface area contributed by atoms with Crippen LogP contribution in [0, 0.1) is 0 Å². The Morgan fingerprint density at radius 3 is 2.62 bits per heavy atom. The Bertz CT molecular complexity index is 117. The van der Waals surface area contributed by atoms with Gasteiger partial charge in [0.15, 0.2) is 0 Å². The second kappa shape index (κ2) is 6.39. The van der Waals surface area contributed by atoms with E-state index < -0.39 is 0 Å². The highest BCUT2D eigenvalue weighted by atomic mass is 16.5. The van der Waals surface area contributed by atoms with Gasteiger partial charge in [0.1, 0.15) is 0 Å². The van der Waals surface area contributed by atoms with Crippen molar-refractivity contribution < 1.29 is 4.74 Å². The number of nitrogens with one attached hydrogen (secondary N) is 1. The van der Waals surface area contributed by atoms with Gasteiger partial charge in [0.05, 0.1) is 6.10 Å². The lowest BCUT2D eigenvalue weighted by Crippen LogP contribution is -2.37. The van der Waals surface area contributed by atoms with Crippen LogP contribution >= 0.6 is 0 Å². The molecule has 13 heavy (non-hydrogen) atoms. The van der Waals surface area contributed by atoms with Crippen LogP contribution in [0.3, 0.4) is 0 Å². The van der Waals surface area contributed by atoms with Crippen LogP contribution in [0.25, 0.3) is 0 Å². The molecule has 1 atom stereocenters. The van der Waals surface area contributed by atoms with Crippen LogP contribution in [0.1, 0.15) is 46.0 Å². The van der Waals surface area contributed by atoms with E-state index in [1.54, 1.807) is 0 Å². The number of ether oxygens (including phenoxy) is 1. The standard InChI is InChI=1S/C11H23NO/c1-3-10(4-2)12-9-11-7-5-6-8-13-11/h10-12H,3-9H2,1-2H3. The van der Waals surface area contributed by atoms with Crippen molar-refractivity contribution in [1.82, 2.24) is 5.32 Å². The van der Waals surface area contributed by atoms with Crippen LogP contribution < -0.4 is 5.32 Å². The highest BCUT2D eigenvalue weighted by molar-refractivity contribution is 4.70. The highest BCUT2D eigenvalue weighted by Crippen LogP contribution is 2.12. The topological polar surface area (TPSA) is 21.3 Å². The zero-order valence-corrected chi connectivity index (χ0v) is 9.01. The zero-order valence-electron chi connectivity index (χ0n) is 9.01. The van der Waals surface area contributed by atoms with Gasteiger partial charge in [0.2, 0.25) is 0 Å². The van der Waals surface area contributed by atoms with Gasteiger partial charge in [-0.3, -0.25) is 0 Å². The molecule has 2 heteroatoms. The minimum absolute atomic E-state index is 0.481. The molecule has 0 aromatic heterocycles. The summed E-state index contributed by atoms with van der Waals surface area (Å²) in [7, 11) is 0. The van der Waals surface area contributed by atoms with Gasteiger partial charge in [-0.25, -0.2) is 0 Å². The van der Waals surface area contributed by atoms with E-state index in [1.165, 1.54) is 32.1 Å². The second-order valence-electron chi connectivity index (χ2n) is 3.91. The Hall–Kier alpha value is -0.0800. The lowest BCUT2D eigenvalue weighted by atomic mass is 10.1. The maximum Gasteiger partial charge on any atom is 0.0699 e. The number of hydrogen-bond donors (Lipinski definition) is 1. The van der Waals surface area contributed by atoms with E-state index in [1.807, 2.05) is 0 Å². The first-order valence-electron chi connectivity index (χ1n) is 5.71. The largest absolute Gasteiger partial charge is 0.377 e. The second-order valence-corrected chi connectivity index (χ2v) is 3.91. The first kappa shape index (κ1) is 11.0. The lowest BCUT2D eigenvalue weighted by Gasteiger charge is -2.25. The first-order chi connectivity index (χ1) is 6.36. The van der Waals surface area contributed by atoms with E-state index in [9.17, 15) is 0 Å². The van der Waals surface area contributed by atoms with Gasteiger partial charge in [-0.1, -0.05) is 13.8 Å². The van der Waals surface area contributed by atoms with Crippen molar-refractivity contribution >= 4 is 0 Å². The van der Waals surface area contributed by atoms with Crippen molar-refractivity contribution in [1.29, 1.82) is 0 Å². The van der Waals surface area contributed by atoms with Gasteiger partial charge in [-0.2, -0.15) is 0 Å². The number of rotatable bonds is 5. The molecular formula is C11H23NO. The molecule has 0 aromatic carbocycles.